The molecule has 1 aromatic carbocycles. The Labute approximate surface area is 85.0 Å². The number of carbonyl (C=O) groups excluding carboxylic acids is 1. The standard InChI is InChI=1S/C10H9NO2S/c1-5(12)7-3-4-8(13)10-9(7)11-6(2)14-10/h3-4,13H,1-2H3. The molecule has 3 nitrogen and oxygen atoms in total. The summed E-state index contributed by atoms with van der Waals surface area (Å²) >= 11 is 1.40. The highest BCUT2D eigenvalue weighted by Gasteiger charge is 2.12. The highest BCUT2D eigenvalue weighted by Crippen LogP contribution is 2.32. The fourth-order valence-electron chi connectivity index (χ4n) is 1.38. The monoisotopic (exact) mass is 207 g/mol. The first-order chi connectivity index (χ1) is 6.59. The number of phenolic OH excluding ortho intramolecular Hbond substituents is 1. The van der Waals surface area contributed by atoms with E-state index in [0.29, 0.717) is 15.8 Å². The third-order valence-electron chi connectivity index (χ3n) is 2.01. The zero-order valence-electron chi connectivity index (χ0n) is 7.87. The summed E-state index contributed by atoms with van der Waals surface area (Å²) in [4.78, 5) is 15.5. The van der Waals surface area contributed by atoms with E-state index in [2.05, 4.69) is 4.98 Å². The molecule has 0 saturated heterocycles. The zero-order chi connectivity index (χ0) is 10.3. The average Bonchev–Trinajstić information content (AvgIpc) is 2.47. The number of fused-ring (bicyclic) bond motifs is 1. The Hall–Kier alpha value is -1.42. The molecule has 2 aromatic rings. The van der Waals surface area contributed by atoms with Crippen molar-refractivity contribution in [2.24, 2.45) is 0 Å². The van der Waals surface area contributed by atoms with Gasteiger partial charge in [-0.05, 0) is 26.0 Å². The van der Waals surface area contributed by atoms with Crippen LogP contribution in [0, 0.1) is 6.92 Å². The van der Waals surface area contributed by atoms with Gasteiger partial charge in [-0.1, -0.05) is 0 Å². The Kier molecular flexibility index (Phi) is 2.00. The summed E-state index contributed by atoms with van der Waals surface area (Å²) in [6, 6.07) is 3.15. The maximum atomic E-state index is 11.3. The van der Waals surface area contributed by atoms with Crippen molar-refractivity contribution >= 4 is 27.3 Å². The van der Waals surface area contributed by atoms with Crippen LogP contribution in [0.1, 0.15) is 22.3 Å². The lowest BCUT2D eigenvalue weighted by atomic mass is 10.1. The summed E-state index contributed by atoms with van der Waals surface area (Å²) in [5.74, 6) is 0.163. The van der Waals surface area contributed by atoms with Gasteiger partial charge in [0.05, 0.1) is 15.2 Å². The second-order valence-corrected chi connectivity index (χ2v) is 4.30. The molecule has 0 amide bonds. The number of aryl methyl sites for hydroxylation is 1. The Morgan fingerprint density at radius 2 is 2.21 bits per heavy atom. The predicted octanol–water partition coefficient (Wildman–Crippen LogP) is 2.51. The fourth-order valence-corrected chi connectivity index (χ4v) is 2.24. The van der Waals surface area contributed by atoms with Gasteiger partial charge in [0.15, 0.2) is 5.78 Å². The lowest BCUT2D eigenvalue weighted by Crippen LogP contribution is -1.92. The van der Waals surface area contributed by atoms with Gasteiger partial charge in [-0.3, -0.25) is 4.79 Å². The highest BCUT2D eigenvalue weighted by molar-refractivity contribution is 7.19. The van der Waals surface area contributed by atoms with E-state index in [1.54, 1.807) is 6.07 Å². The van der Waals surface area contributed by atoms with E-state index in [0.717, 1.165) is 5.01 Å². The summed E-state index contributed by atoms with van der Waals surface area (Å²) in [6.07, 6.45) is 0. The normalized spacial score (nSPS) is 10.7. The van der Waals surface area contributed by atoms with Crippen LogP contribution in [0.5, 0.6) is 5.75 Å². The lowest BCUT2D eigenvalue weighted by molar-refractivity contribution is 0.101. The van der Waals surface area contributed by atoms with Crippen LogP contribution in [-0.4, -0.2) is 15.9 Å². The molecule has 0 atom stereocenters. The molecule has 72 valence electrons. The molecule has 2 rings (SSSR count). The number of carbonyl (C=O) groups is 1. The Morgan fingerprint density at radius 3 is 2.86 bits per heavy atom. The van der Waals surface area contributed by atoms with Gasteiger partial charge in [0.25, 0.3) is 0 Å². The average molecular weight is 207 g/mol. The Balaban J connectivity index is 2.87. The van der Waals surface area contributed by atoms with Crippen molar-refractivity contribution in [1.82, 2.24) is 4.98 Å². The molecular formula is C10H9NO2S. The van der Waals surface area contributed by atoms with Crippen LogP contribution in [-0.2, 0) is 0 Å². The molecule has 0 fully saturated rings. The van der Waals surface area contributed by atoms with Crippen LogP contribution in [0.4, 0.5) is 0 Å². The van der Waals surface area contributed by atoms with Crippen molar-refractivity contribution in [2.45, 2.75) is 13.8 Å². The van der Waals surface area contributed by atoms with Gasteiger partial charge < -0.3 is 5.11 Å². The molecule has 0 aliphatic carbocycles. The van der Waals surface area contributed by atoms with E-state index in [4.69, 9.17) is 0 Å². The van der Waals surface area contributed by atoms with E-state index < -0.39 is 0 Å². The van der Waals surface area contributed by atoms with Crippen LogP contribution in [0.15, 0.2) is 12.1 Å². The predicted molar refractivity (Wildman–Crippen MR) is 56.0 cm³/mol. The zero-order valence-corrected chi connectivity index (χ0v) is 8.68. The Bertz CT molecular complexity index is 516. The van der Waals surface area contributed by atoms with Gasteiger partial charge in [-0.15, -0.1) is 11.3 Å². The van der Waals surface area contributed by atoms with Crippen molar-refractivity contribution in [1.29, 1.82) is 0 Å². The quantitative estimate of drug-likeness (QED) is 0.731. The minimum atomic E-state index is -0.0275. The van der Waals surface area contributed by atoms with E-state index >= 15 is 0 Å². The molecule has 1 aromatic heterocycles. The van der Waals surface area contributed by atoms with Gasteiger partial charge in [-0.2, -0.15) is 0 Å². The summed E-state index contributed by atoms with van der Waals surface area (Å²) in [5, 5.41) is 10.4. The van der Waals surface area contributed by atoms with Crippen molar-refractivity contribution in [2.75, 3.05) is 0 Å². The summed E-state index contributed by atoms with van der Waals surface area (Å²) in [6.45, 7) is 3.36. The first-order valence-corrected chi connectivity index (χ1v) is 5.01. The number of ketones is 1. The van der Waals surface area contributed by atoms with E-state index in [1.165, 1.54) is 24.3 Å². The van der Waals surface area contributed by atoms with E-state index in [-0.39, 0.29) is 11.5 Å². The second kappa shape index (κ2) is 3.06. The number of hydrogen-bond donors (Lipinski definition) is 1. The molecule has 1 N–H and O–H groups in total. The maximum absolute atomic E-state index is 11.3. The maximum Gasteiger partial charge on any atom is 0.162 e. The van der Waals surface area contributed by atoms with Gasteiger partial charge in [0, 0.05) is 5.56 Å². The minimum absolute atomic E-state index is 0.0275. The number of rotatable bonds is 1. The van der Waals surface area contributed by atoms with Crippen LogP contribution in [0.25, 0.3) is 10.2 Å². The molecule has 0 aliphatic rings. The summed E-state index contributed by atoms with van der Waals surface area (Å²) < 4.78 is 0.690. The SMILES string of the molecule is CC(=O)c1ccc(O)c2sc(C)nc12. The van der Waals surface area contributed by atoms with Crippen LogP contribution in [0.2, 0.25) is 0 Å². The molecule has 0 unspecified atom stereocenters. The van der Waals surface area contributed by atoms with E-state index in [1.807, 2.05) is 6.92 Å². The molecule has 4 heteroatoms. The number of nitrogens with zero attached hydrogens (tertiary/aromatic N) is 1. The number of thiazole rings is 1. The molecule has 0 bridgehead atoms. The number of Topliss-reactive ketones (excluding diaryl/α,β-unsaturated/α-hetero) is 1. The number of aromatic nitrogens is 1. The third kappa shape index (κ3) is 1.28. The Morgan fingerprint density at radius 1 is 1.50 bits per heavy atom. The van der Waals surface area contributed by atoms with Crippen molar-refractivity contribution < 1.29 is 9.90 Å². The van der Waals surface area contributed by atoms with Crippen LogP contribution >= 0.6 is 11.3 Å². The number of benzene rings is 1. The van der Waals surface area contributed by atoms with Gasteiger partial charge in [-0.25, -0.2) is 4.98 Å². The summed E-state index contributed by atoms with van der Waals surface area (Å²) in [7, 11) is 0. The molecule has 0 spiro atoms. The van der Waals surface area contributed by atoms with Gasteiger partial charge in [0.1, 0.15) is 5.75 Å². The van der Waals surface area contributed by atoms with Crippen LogP contribution in [0.3, 0.4) is 0 Å². The molecule has 0 saturated carbocycles. The van der Waals surface area contributed by atoms with Crippen molar-refractivity contribution in [3.05, 3.63) is 22.7 Å². The molecule has 14 heavy (non-hydrogen) atoms. The first kappa shape index (κ1) is 9.15. The van der Waals surface area contributed by atoms with Crippen molar-refractivity contribution in [3.8, 4) is 5.75 Å². The first-order valence-electron chi connectivity index (χ1n) is 4.19. The third-order valence-corrected chi connectivity index (χ3v) is 3.00. The molecule has 0 aliphatic heterocycles. The second-order valence-electron chi connectivity index (χ2n) is 3.10. The van der Waals surface area contributed by atoms with E-state index in [9.17, 15) is 9.90 Å². The number of hydrogen-bond acceptors (Lipinski definition) is 4. The number of phenols is 1. The fraction of sp³-hybridized carbons (Fsp3) is 0.200. The molecule has 0 radical (unpaired) electrons. The lowest BCUT2D eigenvalue weighted by Gasteiger charge is -1.98. The smallest absolute Gasteiger partial charge is 0.162 e. The number of aromatic hydroxyl groups is 1. The van der Waals surface area contributed by atoms with Crippen LogP contribution < -0.4 is 0 Å². The molecular weight excluding hydrogens is 198 g/mol. The topological polar surface area (TPSA) is 50.2 Å². The highest BCUT2D eigenvalue weighted by atomic mass is 32.1. The van der Waals surface area contributed by atoms with Gasteiger partial charge >= 0.3 is 0 Å². The molecule has 1 heterocycles. The van der Waals surface area contributed by atoms with Crippen molar-refractivity contribution in [3.63, 3.8) is 0 Å². The van der Waals surface area contributed by atoms with Gasteiger partial charge in [0.2, 0.25) is 0 Å². The largest absolute Gasteiger partial charge is 0.506 e. The summed E-state index contributed by atoms with van der Waals surface area (Å²) in [5.41, 5.74) is 1.18. The minimum Gasteiger partial charge on any atom is -0.506 e.